The van der Waals surface area contributed by atoms with Crippen molar-refractivity contribution in [1.29, 1.82) is 0 Å². The number of hydrogen-bond donors (Lipinski definition) is 1. The molecule has 16 heteroatoms. The smallest absolute Gasteiger partial charge is 0.371 e. The number of nitrogens with one attached hydrogen (secondary N) is 1. The van der Waals surface area contributed by atoms with E-state index in [0.717, 1.165) is 0 Å². The van der Waals surface area contributed by atoms with Crippen LogP contribution in [0.4, 0.5) is 26.3 Å². The molecule has 1 aliphatic carbocycles. The largest absolute Gasteiger partial charge is 0.416 e. The minimum absolute atomic E-state index is 0.0240. The van der Waals surface area contributed by atoms with E-state index >= 15 is 0 Å². The summed E-state index contributed by atoms with van der Waals surface area (Å²) in [7, 11) is -8.98. The summed E-state index contributed by atoms with van der Waals surface area (Å²) in [4.78, 5) is 29.4. The second kappa shape index (κ2) is 10.7. The molecule has 1 heterocycles. The van der Waals surface area contributed by atoms with Gasteiger partial charge in [-0.05, 0) is 48.5 Å². The molecule has 230 valence electrons. The summed E-state index contributed by atoms with van der Waals surface area (Å²) < 4.78 is 131. The molecule has 1 unspecified atom stereocenters. The summed E-state index contributed by atoms with van der Waals surface area (Å²) in [5, 5.41) is 2.60. The van der Waals surface area contributed by atoms with E-state index in [9.17, 15) is 52.8 Å². The van der Waals surface area contributed by atoms with Crippen LogP contribution >= 0.6 is 0 Å². The maximum Gasteiger partial charge on any atom is 0.416 e. The molecule has 1 atom stereocenters. The van der Waals surface area contributed by atoms with E-state index < -0.39 is 99.2 Å². The highest BCUT2D eigenvalue weighted by Gasteiger charge is 2.40. The molecule has 0 aromatic heterocycles. The number of sulfone groups is 2. The van der Waals surface area contributed by atoms with Crippen LogP contribution in [0.3, 0.4) is 0 Å². The number of fused-ring (bicyclic) bond motifs is 1. The predicted molar refractivity (Wildman–Crippen MR) is 143 cm³/mol. The number of ketones is 2. The number of alkyl halides is 6. The van der Waals surface area contributed by atoms with Crippen LogP contribution in [0, 0.1) is 0 Å². The number of allylic oxidation sites excluding steroid dienone is 2. The van der Waals surface area contributed by atoms with Crippen LogP contribution in [0.15, 0.2) is 99.0 Å². The quantitative estimate of drug-likeness (QED) is 0.382. The number of aliphatic imine (C=N–C) groups is 1. The van der Waals surface area contributed by atoms with Gasteiger partial charge in [-0.15, -0.1) is 0 Å². The van der Waals surface area contributed by atoms with Crippen molar-refractivity contribution in [1.82, 2.24) is 5.32 Å². The normalized spacial score (nSPS) is 17.5. The minimum atomic E-state index is -4.75. The van der Waals surface area contributed by atoms with E-state index in [0.29, 0.717) is 48.5 Å². The number of nitrogens with zero attached hydrogens (tertiary/aromatic N) is 1. The van der Waals surface area contributed by atoms with Gasteiger partial charge in [-0.25, -0.2) is 21.8 Å². The Kier molecular flexibility index (Phi) is 7.56. The van der Waals surface area contributed by atoms with Crippen LogP contribution in [0.25, 0.3) is 0 Å². The van der Waals surface area contributed by atoms with Gasteiger partial charge in [0.05, 0.1) is 44.2 Å². The Morgan fingerprint density at radius 3 is 1.59 bits per heavy atom. The van der Waals surface area contributed by atoms with Gasteiger partial charge in [-0.3, -0.25) is 9.59 Å². The summed E-state index contributed by atoms with van der Waals surface area (Å²) in [5.41, 5.74) is -3.65. The molecule has 8 nitrogen and oxygen atoms in total. The third-order valence-corrected chi connectivity index (χ3v) is 10.3. The third-order valence-electron chi connectivity index (χ3n) is 6.88. The summed E-state index contributed by atoms with van der Waals surface area (Å²) in [6.45, 7) is 0. The zero-order valence-electron chi connectivity index (χ0n) is 21.9. The van der Waals surface area contributed by atoms with Gasteiger partial charge < -0.3 is 5.32 Å². The molecule has 5 rings (SSSR count). The lowest BCUT2D eigenvalue weighted by Crippen LogP contribution is -2.50. The lowest BCUT2D eigenvalue weighted by atomic mass is 9.89. The van der Waals surface area contributed by atoms with Gasteiger partial charge in [0, 0.05) is 11.1 Å². The Morgan fingerprint density at radius 1 is 0.659 bits per heavy atom. The number of halogens is 6. The first-order valence-electron chi connectivity index (χ1n) is 12.5. The highest BCUT2D eigenvalue weighted by Crippen LogP contribution is 2.33. The average Bonchev–Trinajstić information content (AvgIpc) is 2.95. The lowest BCUT2D eigenvalue weighted by Gasteiger charge is -2.30. The van der Waals surface area contributed by atoms with Crippen molar-refractivity contribution in [2.24, 2.45) is 4.99 Å². The van der Waals surface area contributed by atoms with Crippen molar-refractivity contribution >= 4 is 37.0 Å². The minimum Gasteiger partial charge on any atom is -0.371 e. The lowest BCUT2D eigenvalue weighted by molar-refractivity contribution is -0.138. The number of benzene rings is 3. The monoisotopic (exact) mass is 656 g/mol. The Balaban J connectivity index is 1.54. The molecule has 44 heavy (non-hydrogen) atoms. The molecule has 0 amide bonds. The molecule has 0 fully saturated rings. The van der Waals surface area contributed by atoms with E-state index in [4.69, 9.17) is 0 Å². The van der Waals surface area contributed by atoms with Crippen molar-refractivity contribution < 1.29 is 52.8 Å². The second-order valence-electron chi connectivity index (χ2n) is 9.81. The number of carbonyl (C=O) groups excluding carboxylic acids is 2. The molecule has 3 aromatic carbocycles. The molecule has 0 spiro atoms. The van der Waals surface area contributed by atoms with Gasteiger partial charge in [0.2, 0.25) is 11.6 Å². The Morgan fingerprint density at radius 2 is 1.11 bits per heavy atom. The Bertz CT molecular complexity index is 1960. The number of carbonyl (C=O) groups is 2. The highest BCUT2D eigenvalue weighted by molar-refractivity contribution is 7.92. The van der Waals surface area contributed by atoms with Gasteiger partial charge in [-0.2, -0.15) is 26.3 Å². The first-order valence-corrected chi connectivity index (χ1v) is 15.8. The number of rotatable bonds is 6. The van der Waals surface area contributed by atoms with Crippen molar-refractivity contribution in [3.63, 3.8) is 0 Å². The first kappa shape index (κ1) is 31.1. The molecule has 0 radical (unpaired) electrons. The van der Waals surface area contributed by atoms with Gasteiger partial charge >= 0.3 is 12.4 Å². The van der Waals surface area contributed by atoms with Crippen LogP contribution in [-0.4, -0.2) is 51.7 Å². The van der Waals surface area contributed by atoms with Crippen LogP contribution < -0.4 is 5.32 Å². The molecule has 1 aliphatic heterocycles. The molecule has 0 saturated carbocycles. The molecule has 0 saturated heterocycles. The number of hydrogen-bond acceptors (Lipinski definition) is 8. The van der Waals surface area contributed by atoms with E-state index in [1.54, 1.807) is 0 Å². The van der Waals surface area contributed by atoms with Crippen LogP contribution in [-0.2, 0) is 32.0 Å². The first-order chi connectivity index (χ1) is 20.4. The van der Waals surface area contributed by atoms with E-state index in [1.807, 2.05) is 0 Å². The predicted octanol–water partition coefficient (Wildman–Crippen LogP) is 4.68. The Hall–Kier alpha value is -4.31. The fraction of sp³-hybridized carbons (Fsp3) is 0.179. The summed E-state index contributed by atoms with van der Waals surface area (Å²) in [6.07, 6.45) is -9.49. The average molecular weight is 657 g/mol. The summed E-state index contributed by atoms with van der Waals surface area (Å²) >= 11 is 0. The van der Waals surface area contributed by atoms with Gasteiger partial charge in [0.25, 0.3) is 0 Å². The van der Waals surface area contributed by atoms with Crippen molar-refractivity contribution in [3.8, 4) is 0 Å². The zero-order valence-corrected chi connectivity index (χ0v) is 23.5. The van der Waals surface area contributed by atoms with Crippen LogP contribution in [0.2, 0.25) is 0 Å². The summed E-state index contributed by atoms with van der Waals surface area (Å²) in [6, 6.07) is 9.10. The van der Waals surface area contributed by atoms with Crippen LogP contribution in [0.5, 0.6) is 0 Å². The fourth-order valence-corrected chi connectivity index (χ4v) is 7.48. The second-order valence-corrected chi connectivity index (χ2v) is 13.8. The highest BCUT2D eigenvalue weighted by atomic mass is 32.2. The molecule has 2 aliphatic rings. The van der Waals surface area contributed by atoms with Gasteiger partial charge in [-0.1, -0.05) is 24.3 Å². The zero-order chi connectivity index (χ0) is 32.2. The molecule has 3 aromatic rings. The van der Waals surface area contributed by atoms with Crippen molar-refractivity contribution in [2.45, 2.75) is 28.2 Å². The Labute approximate surface area is 246 Å². The molecule has 1 N–H and O–H groups in total. The van der Waals surface area contributed by atoms with E-state index in [2.05, 4.69) is 10.3 Å². The molecular formula is C28H18F6N2O6S2. The standard InChI is InChI=1S/C28H18F6N2O6S2/c29-27(30,31)15-5-9-17(10-6-15)43(39,40)13-21-22(14-44(41,42)18-11-7-16(8-12-18)28(32,33)34)36-24-23(35-21)25(37)19-3-1-2-4-20(19)26(24)38/h1-12,21,35H,13-14H2. The van der Waals surface area contributed by atoms with Gasteiger partial charge in [0.15, 0.2) is 19.7 Å². The SMILES string of the molecule is O=C1C2=C(NC(CS(=O)(=O)c3ccc(C(F)(F)F)cc3)C(CS(=O)(=O)c3ccc(C(F)(F)F)cc3)=N2)C(=O)c2ccccc21. The topological polar surface area (TPSA) is 127 Å². The van der Waals surface area contributed by atoms with Gasteiger partial charge in [0.1, 0.15) is 11.4 Å². The van der Waals surface area contributed by atoms with E-state index in [-0.39, 0.29) is 11.1 Å². The van der Waals surface area contributed by atoms with Crippen molar-refractivity contribution in [2.75, 3.05) is 11.5 Å². The molecule has 0 bridgehead atoms. The fourth-order valence-electron chi connectivity index (χ4n) is 4.65. The molecular weight excluding hydrogens is 638 g/mol. The van der Waals surface area contributed by atoms with Crippen LogP contribution in [0.1, 0.15) is 31.8 Å². The third kappa shape index (κ3) is 5.91. The maximum absolute atomic E-state index is 13.3. The summed E-state index contributed by atoms with van der Waals surface area (Å²) in [5.74, 6) is -3.57. The maximum atomic E-state index is 13.3. The van der Waals surface area contributed by atoms with Crippen molar-refractivity contribution in [3.05, 3.63) is 106 Å². The number of Topliss-reactive ketones (excluding diaryl/α,β-unsaturated/α-hetero) is 2. The van der Waals surface area contributed by atoms with E-state index in [1.165, 1.54) is 24.3 Å².